The van der Waals surface area contributed by atoms with E-state index in [2.05, 4.69) is 0 Å². The molecule has 1 aromatic carbocycles. The van der Waals surface area contributed by atoms with E-state index in [1.807, 2.05) is 0 Å². The van der Waals surface area contributed by atoms with Gasteiger partial charge in [-0.1, -0.05) is 13.3 Å². The van der Waals surface area contributed by atoms with Gasteiger partial charge in [-0.2, -0.15) is 0 Å². The predicted molar refractivity (Wildman–Crippen MR) is 96.8 cm³/mol. The van der Waals surface area contributed by atoms with Crippen LogP contribution in [0, 0.1) is 5.92 Å². The lowest BCUT2D eigenvalue weighted by Gasteiger charge is -2.11. The summed E-state index contributed by atoms with van der Waals surface area (Å²) in [7, 11) is 1.54. The van der Waals surface area contributed by atoms with Gasteiger partial charge in [0.1, 0.15) is 19.0 Å². The van der Waals surface area contributed by atoms with Gasteiger partial charge in [0.15, 0.2) is 0 Å². The van der Waals surface area contributed by atoms with Crippen molar-refractivity contribution < 1.29 is 33.7 Å². The number of esters is 2. The Kier molecular flexibility index (Phi) is 11.9. The first-order valence-corrected chi connectivity index (χ1v) is 8.13. The van der Waals surface area contributed by atoms with Crippen LogP contribution in [0.3, 0.4) is 0 Å². The average molecular weight is 389 g/mol. The Morgan fingerprint density at radius 1 is 1.04 bits per heavy atom. The molecule has 0 heterocycles. The topological polar surface area (TPSA) is 99.1 Å². The second kappa shape index (κ2) is 13.0. The molecule has 0 saturated carbocycles. The number of hydrogen-bond acceptors (Lipinski definition) is 6. The highest BCUT2D eigenvalue weighted by Gasteiger charge is 2.15. The third-order valence-electron chi connectivity index (χ3n) is 3.57. The molecule has 0 aliphatic heterocycles. The molecule has 1 atom stereocenters. The fourth-order valence-electron chi connectivity index (χ4n) is 2.07. The zero-order chi connectivity index (χ0) is 18.7. The molecule has 146 valence electrons. The molecule has 26 heavy (non-hydrogen) atoms. The summed E-state index contributed by atoms with van der Waals surface area (Å²) in [5, 5.41) is 8.55. The van der Waals surface area contributed by atoms with Gasteiger partial charge < -0.3 is 19.3 Å². The zero-order valence-corrected chi connectivity index (χ0v) is 15.8. The molecular formula is C18H25ClO7. The number of hydrogen-bond donors (Lipinski definition) is 1. The Morgan fingerprint density at radius 2 is 1.65 bits per heavy atom. The van der Waals surface area contributed by atoms with Gasteiger partial charge in [0.25, 0.3) is 0 Å². The monoisotopic (exact) mass is 388 g/mol. The third-order valence-corrected chi connectivity index (χ3v) is 3.57. The largest absolute Gasteiger partial charge is 0.497 e. The van der Waals surface area contributed by atoms with E-state index in [1.54, 1.807) is 31.2 Å². The summed E-state index contributed by atoms with van der Waals surface area (Å²) >= 11 is 0. The van der Waals surface area contributed by atoms with Crippen molar-refractivity contribution in [1.82, 2.24) is 0 Å². The molecule has 0 spiro atoms. The summed E-state index contributed by atoms with van der Waals surface area (Å²) in [6.45, 7) is 1.69. The Hall–Kier alpha value is -2.28. The van der Waals surface area contributed by atoms with Crippen LogP contribution in [-0.2, 0) is 19.1 Å². The van der Waals surface area contributed by atoms with Crippen LogP contribution in [0.25, 0.3) is 0 Å². The quantitative estimate of drug-likeness (QED) is 0.459. The van der Waals surface area contributed by atoms with Crippen LogP contribution in [0.1, 0.15) is 43.0 Å². The molecule has 0 saturated heterocycles. The highest BCUT2D eigenvalue weighted by Crippen LogP contribution is 2.13. The smallest absolute Gasteiger partial charge is 0.338 e. The molecule has 0 bridgehead atoms. The van der Waals surface area contributed by atoms with Crippen molar-refractivity contribution in [1.29, 1.82) is 0 Å². The molecule has 0 aliphatic rings. The van der Waals surface area contributed by atoms with Crippen LogP contribution in [0.5, 0.6) is 5.75 Å². The maximum atomic E-state index is 11.8. The lowest BCUT2D eigenvalue weighted by atomic mass is 10.0. The summed E-state index contributed by atoms with van der Waals surface area (Å²) < 4.78 is 15.1. The minimum absolute atomic E-state index is 0. The van der Waals surface area contributed by atoms with E-state index >= 15 is 0 Å². The van der Waals surface area contributed by atoms with Gasteiger partial charge in [-0.25, -0.2) is 4.79 Å². The van der Waals surface area contributed by atoms with Crippen molar-refractivity contribution in [2.24, 2.45) is 5.92 Å². The summed E-state index contributed by atoms with van der Waals surface area (Å²) in [5.74, 6) is -1.39. The van der Waals surface area contributed by atoms with Crippen LogP contribution >= 0.6 is 12.4 Å². The number of carbonyl (C=O) groups is 3. The van der Waals surface area contributed by atoms with E-state index in [4.69, 9.17) is 19.3 Å². The van der Waals surface area contributed by atoms with Crippen molar-refractivity contribution in [2.45, 2.75) is 32.6 Å². The van der Waals surface area contributed by atoms with Crippen LogP contribution in [0.4, 0.5) is 0 Å². The Balaban J connectivity index is 0.00000625. The number of carbonyl (C=O) groups excluding carboxylic acids is 2. The van der Waals surface area contributed by atoms with E-state index in [-0.39, 0.29) is 43.9 Å². The minimum Gasteiger partial charge on any atom is -0.497 e. The molecule has 0 fully saturated rings. The van der Waals surface area contributed by atoms with Crippen LogP contribution in [-0.4, -0.2) is 43.3 Å². The van der Waals surface area contributed by atoms with Gasteiger partial charge >= 0.3 is 17.9 Å². The number of ether oxygens (including phenoxy) is 3. The molecule has 0 amide bonds. The van der Waals surface area contributed by atoms with Gasteiger partial charge in [-0.05, 0) is 37.1 Å². The standard InChI is InChI=1S/C18H24O7.ClH/c1-13(5-3-4-6-16(19)20)17(21)24-11-12-25-18(22)14-7-9-15(23-2)10-8-14;/h7-10,13H,3-6,11-12H2,1-2H3,(H,19,20);1H. The van der Waals surface area contributed by atoms with Gasteiger partial charge in [0.05, 0.1) is 18.6 Å². The maximum absolute atomic E-state index is 11.8. The third kappa shape index (κ3) is 9.27. The summed E-state index contributed by atoms with van der Waals surface area (Å²) in [6.07, 6.45) is 1.85. The van der Waals surface area contributed by atoms with E-state index in [1.165, 1.54) is 7.11 Å². The molecule has 8 heteroatoms. The van der Waals surface area contributed by atoms with Crippen molar-refractivity contribution >= 4 is 30.3 Å². The van der Waals surface area contributed by atoms with Crippen LogP contribution in [0.15, 0.2) is 24.3 Å². The number of carboxylic acids is 1. The van der Waals surface area contributed by atoms with Gasteiger partial charge in [-0.3, -0.25) is 9.59 Å². The summed E-state index contributed by atoms with van der Waals surface area (Å²) in [6, 6.07) is 6.49. The number of benzene rings is 1. The number of unbranched alkanes of at least 4 members (excludes halogenated alkanes) is 1. The number of aliphatic carboxylic acids is 1. The van der Waals surface area contributed by atoms with Crippen LogP contribution in [0.2, 0.25) is 0 Å². The fourth-order valence-corrected chi connectivity index (χ4v) is 2.07. The molecule has 0 aliphatic carbocycles. The number of methoxy groups -OCH3 is 1. The van der Waals surface area contributed by atoms with E-state index < -0.39 is 11.9 Å². The first-order chi connectivity index (χ1) is 11.9. The predicted octanol–water partition coefficient (Wildman–Crippen LogP) is 3.10. The minimum atomic E-state index is -0.839. The highest BCUT2D eigenvalue weighted by molar-refractivity contribution is 5.89. The molecule has 1 rings (SSSR count). The second-order valence-electron chi connectivity index (χ2n) is 5.57. The van der Waals surface area contributed by atoms with Gasteiger partial charge in [-0.15, -0.1) is 12.4 Å². The summed E-state index contributed by atoms with van der Waals surface area (Å²) in [4.78, 5) is 34.0. The van der Waals surface area contributed by atoms with Crippen molar-refractivity contribution in [2.75, 3.05) is 20.3 Å². The Morgan fingerprint density at radius 3 is 2.23 bits per heavy atom. The number of halogens is 1. The number of rotatable bonds is 11. The summed E-state index contributed by atoms with van der Waals surface area (Å²) in [5.41, 5.74) is 0.388. The van der Waals surface area contributed by atoms with Crippen molar-refractivity contribution in [3.8, 4) is 5.75 Å². The average Bonchev–Trinajstić information content (AvgIpc) is 2.61. The Bertz CT molecular complexity index is 571. The normalized spacial score (nSPS) is 11.0. The van der Waals surface area contributed by atoms with E-state index in [0.717, 1.165) is 0 Å². The van der Waals surface area contributed by atoms with Crippen molar-refractivity contribution in [3.63, 3.8) is 0 Å². The first-order valence-electron chi connectivity index (χ1n) is 8.13. The molecule has 0 radical (unpaired) electrons. The Labute approximate surface area is 159 Å². The molecule has 7 nitrogen and oxygen atoms in total. The first kappa shape index (κ1) is 23.7. The SMILES string of the molecule is COc1ccc(C(=O)OCCOC(=O)C(C)CCCCC(=O)O)cc1.Cl. The second-order valence-corrected chi connectivity index (χ2v) is 5.57. The molecular weight excluding hydrogens is 364 g/mol. The maximum Gasteiger partial charge on any atom is 0.338 e. The van der Waals surface area contributed by atoms with Gasteiger partial charge in [0, 0.05) is 6.42 Å². The molecule has 1 unspecified atom stereocenters. The lowest BCUT2D eigenvalue weighted by molar-refractivity contribution is -0.149. The lowest BCUT2D eigenvalue weighted by Crippen LogP contribution is -2.19. The molecule has 1 aromatic rings. The van der Waals surface area contributed by atoms with E-state index in [0.29, 0.717) is 30.6 Å². The van der Waals surface area contributed by atoms with Crippen molar-refractivity contribution in [3.05, 3.63) is 29.8 Å². The fraction of sp³-hybridized carbons (Fsp3) is 0.500. The van der Waals surface area contributed by atoms with Gasteiger partial charge in [0.2, 0.25) is 0 Å². The molecule has 1 N–H and O–H groups in total. The molecule has 0 aromatic heterocycles. The highest BCUT2D eigenvalue weighted by atomic mass is 35.5. The zero-order valence-electron chi connectivity index (χ0n) is 14.9. The number of carboxylic acid groups (broad SMARTS) is 1. The van der Waals surface area contributed by atoms with Crippen LogP contribution < -0.4 is 4.74 Å². The van der Waals surface area contributed by atoms with E-state index in [9.17, 15) is 14.4 Å².